The fraction of sp³-hybridized carbons (Fsp3) is 0.769. The molecule has 2 unspecified atom stereocenters. The minimum atomic E-state index is 0.434. The van der Waals surface area contributed by atoms with Crippen LogP contribution in [-0.2, 0) is 0 Å². The number of nitrogens with zero attached hydrogens (tertiary/aromatic N) is 2. The van der Waals surface area contributed by atoms with Gasteiger partial charge in [0.15, 0.2) is 0 Å². The van der Waals surface area contributed by atoms with Crippen molar-refractivity contribution < 1.29 is 0 Å². The van der Waals surface area contributed by atoms with Crippen LogP contribution in [0.5, 0.6) is 0 Å². The molecule has 1 saturated carbocycles. The second kappa shape index (κ2) is 4.58. The summed E-state index contributed by atoms with van der Waals surface area (Å²) in [6.45, 7) is 7.48. The lowest BCUT2D eigenvalue weighted by molar-refractivity contribution is 0.420. The third-order valence-corrected chi connectivity index (χ3v) is 3.88. The molecule has 0 saturated heterocycles. The molecule has 1 aromatic heterocycles. The summed E-state index contributed by atoms with van der Waals surface area (Å²) >= 11 is 0. The van der Waals surface area contributed by atoms with Crippen molar-refractivity contribution in [3.8, 4) is 0 Å². The van der Waals surface area contributed by atoms with Gasteiger partial charge in [0.2, 0.25) is 0 Å². The van der Waals surface area contributed by atoms with Crippen molar-refractivity contribution in [3.05, 3.63) is 18.2 Å². The number of nitrogens with two attached hydrogens (primary N) is 1. The van der Waals surface area contributed by atoms with Crippen LogP contribution in [0.25, 0.3) is 0 Å². The average molecular weight is 221 g/mol. The van der Waals surface area contributed by atoms with E-state index in [2.05, 4.69) is 30.3 Å². The van der Waals surface area contributed by atoms with Crippen LogP contribution in [-0.4, -0.2) is 16.1 Å². The molecule has 1 aliphatic rings. The van der Waals surface area contributed by atoms with Crippen LogP contribution < -0.4 is 5.73 Å². The minimum absolute atomic E-state index is 0.434. The van der Waals surface area contributed by atoms with E-state index in [-0.39, 0.29) is 0 Å². The van der Waals surface area contributed by atoms with E-state index < -0.39 is 0 Å². The van der Waals surface area contributed by atoms with Crippen molar-refractivity contribution in [1.82, 2.24) is 9.55 Å². The summed E-state index contributed by atoms with van der Waals surface area (Å²) in [7, 11) is 0. The van der Waals surface area contributed by atoms with E-state index in [1.165, 1.54) is 18.5 Å². The third-order valence-electron chi connectivity index (χ3n) is 3.88. The molecule has 1 heterocycles. The Morgan fingerprint density at radius 2 is 2.12 bits per heavy atom. The normalized spacial score (nSPS) is 20.1. The third kappa shape index (κ3) is 2.14. The summed E-state index contributed by atoms with van der Waals surface area (Å²) in [6, 6.07) is 0.588. The van der Waals surface area contributed by atoms with Gasteiger partial charge in [-0.15, -0.1) is 0 Å². The largest absolute Gasteiger partial charge is 0.331 e. The van der Waals surface area contributed by atoms with Crippen molar-refractivity contribution in [2.24, 2.45) is 17.6 Å². The van der Waals surface area contributed by atoms with E-state index in [0.29, 0.717) is 24.4 Å². The average Bonchev–Trinajstić information content (AvgIpc) is 2.98. The molecule has 0 bridgehead atoms. The number of hydrogen-bond acceptors (Lipinski definition) is 2. The smallest absolute Gasteiger partial charge is 0.0950 e. The molecule has 3 heteroatoms. The standard InChI is InChI=1S/C13H23N3/c1-9(2)12(6-14)13-7-15-8-16(13)10(3)11-4-5-11/h7-12H,4-6,14H2,1-3H3. The molecule has 0 aromatic carbocycles. The second-order valence-corrected chi connectivity index (χ2v) is 5.39. The van der Waals surface area contributed by atoms with E-state index in [4.69, 9.17) is 5.73 Å². The summed E-state index contributed by atoms with van der Waals surface area (Å²) < 4.78 is 2.34. The first kappa shape index (κ1) is 11.6. The predicted octanol–water partition coefficient (Wildman–Crippen LogP) is 2.55. The van der Waals surface area contributed by atoms with Crippen LogP contribution in [0.1, 0.15) is 51.3 Å². The van der Waals surface area contributed by atoms with Gasteiger partial charge in [0, 0.05) is 30.4 Å². The first-order chi connectivity index (χ1) is 7.65. The van der Waals surface area contributed by atoms with Gasteiger partial charge < -0.3 is 10.3 Å². The fourth-order valence-electron chi connectivity index (χ4n) is 2.48. The zero-order valence-corrected chi connectivity index (χ0v) is 10.6. The van der Waals surface area contributed by atoms with Crippen LogP contribution in [0.3, 0.4) is 0 Å². The fourth-order valence-corrected chi connectivity index (χ4v) is 2.48. The Morgan fingerprint density at radius 3 is 2.62 bits per heavy atom. The van der Waals surface area contributed by atoms with E-state index >= 15 is 0 Å². The minimum Gasteiger partial charge on any atom is -0.331 e. The highest BCUT2D eigenvalue weighted by atomic mass is 15.1. The molecule has 0 radical (unpaired) electrons. The maximum atomic E-state index is 5.88. The Kier molecular flexibility index (Phi) is 3.33. The molecular weight excluding hydrogens is 198 g/mol. The Balaban J connectivity index is 2.22. The van der Waals surface area contributed by atoms with Crippen molar-refractivity contribution in [1.29, 1.82) is 0 Å². The first-order valence-electron chi connectivity index (χ1n) is 6.37. The second-order valence-electron chi connectivity index (χ2n) is 5.39. The van der Waals surface area contributed by atoms with Gasteiger partial charge in [0.25, 0.3) is 0 Å². The number of aromatic nitrogens is 2. The summed E-state index contributed by atoms with van der Waals surface area (Å²) in [4.78, 5) is 4.31. The van der Waals surface area contributed by atoms with Crippen LogP contribution in [0.4, 0.5) is 0 Å². The van der Waals surface area contributed by atoms with Gasteiger partial charge >= 0.3 is 0 Å². The number of hydrogen-bond donors (Lipinski definition) is 1. The Hall–Kier alpha value is -0.830. The molecule has 2 N–H and O–H groups in total. The first-order valence-corrected chi connectivity index (χ1v) is 6.37. The van der Waals surface area contributed by atoms with E-state index in [1.807, 2.05) is 12.5 Å². The summed E-state index contributed by atoms with van der Waals surface area (Å²) in [6.07, 6.45) is 6.71. The molecule has 1 aromatic rings. The van der Waals surface area contributed by atoms with Crippen molar-refractivity contribution in [2.75, 3.05) is 6.54 Å². The molecule has 90 valence electrons. The Morgan fingerprint density at radius 1 is 1.44 bits per heavy atom. The zero-order valence-electron chi connectivity index (χ0n) is 10.6. The molecule has 3 nitrogen and oxygen atoms in total. The number of rotatable bonds is 5. The molecule has 16 heavy (non-hydrogen) atoms. The number of imidazole rings is 1. The van der Waals surface area contributed by atoms with E-state index in [9.17, 15) is 0 Å². The molecule has 2 atom stereocenters. The van der Waals surface area contributed by atoms with Gasteiger partial charge in [-0.1, -0.05) is 13.8 Å². The molecule has 1 fully saturated rings. The van der Waals surface area contributed by atoms with Crippen LogP contribution in [0, 0.1) is 11.8 Å². The highest BCUT2D eigenvalue weighted by molar-refractivity contribution is 5.10. The maximum Gasteiger partial charge on any atom is 0.0950 e. The van der Waals surface area contributed by atoms with Crippen LogP contribution >= 0.6 is 0 Å². The molecule has 0 amide bonds. The summed E-state index contributed by atoms with van der Waals surface area (Å²) in [5, 5.41) is 0. The lowest BCUT2D eigenvalue weighted by Gasteiger charge is -2.24. The maximum absolute atomic E-state index is 5.88. The molecule has 1 aliphatic carbocycles. The highest BCUT2D eigenvalue weighted by Gasteiger charge is 2.31. The van der Waals surface area contributed by atoms with Crippen molar-refractivity contribution in [3.63, 3.8) is 0 Å². The lowest BCUT2D eigenvalue weighted by Crippen LogP contribution is -2.22. The summed E-state index contributed by atoms with van der Waals surface area (Å²) in [5.41, 5.74) is 7.20. The van der Waals surface area contributed by atoms with E-state index in [1.54, 1.807) is 0 Å². The molecule has 0 aliphatic heterocycles. The quantitative estimate of drug-likeness (QED) is 0.830. The lowest BCUT2D eigenvalue weighted by atomic mass is 9.92. The predicted molar refractivity (Wildman–Crippen MR) is 66.3 cm³/mol. The van der Waals surface area contributed by atoms with Crippen LogP contribution in [0.15, 0.2) is 12.5 Å². The van der Waals surface area contributed by atoms with Gasteiger partial charge in [0.1, 0.15) is 0 Å². The highest BCUT2D eigenvalue weighted by Crippen LogP contribution is 2.40. The van der Waals surface area contributed by atoms with E-state index in [0.717, 1.165) is 5.92 Å². The molecule has 2 rings (SSSR count). The topological polar surface area (TPSA) is 43.8 Å². The van der Waals surface area contributed by atoms with Crippen LogP contribution in [0.2, 0.25) is 0 Å². The van der Waals surface area contributed by atoms with Gasteiger partial charge in [-0.2, -0.15) is 0 Å². The zero-order chi connectivity index (χ0) is 11.7. The van der Waals surface area contributed by atoms with Crippen molar-refractivity contribution in [2.45, 2.75) is 45.6 Å². The molecule has 0 spiro atoms. The Labute approximate surface area is 98.1 Å². The van der Waals surface area contributed by atoms with Gasteiger partial charge in [-0.3, -0.25) is 0 Å². The Bertz CT molecular complexity index is 339. The van der Waals surface area contributed by atoms with Gasteiger partial charge in [-0.05, 0) is 31.6 Å². The monoisotopic (exact) mass is 221 g/mol. The molecular formula is C13H23N3. The van der Waals surface area contributed by atoms with Gasteiger partial charge in [-0.25, -0.2) is 4.98 Å². The summed E-state index contributed by atoms with van der Waals surface area (Å²) in [5.74, 6) is 1.87. The van der Waals surface area contributed by atoms with Crippen molar-refractivity contribution >= 4 is 0 Å². The van der Waals surface area contributed by atoms with Gasteiger partial charge in [0.05, 0.1) is 6.33 Å². The SMILES string of the molecule is CC(C)C(CN)c1cncn1C(C)C1CC1.